The summed E-state index contributed by atoms with van der Waals surface area (Å²) in [5, 5.41) is 9.74. The maximum Gasteiger partial charge on any atom is 0.123 e. The molecule has 1 aromatic carbocycles. The summed E-state index contributed by atoms with van der Waals surface area (Å²) in [5.74, 6) is 0.913. The smallest absolute Gasteiger partial charge is 0.123 e. The molecule has 0 spiro atoms. The highest BCUT2D eigenvalue weighted by molar-refractivity contribution is 5.38. The van der Waals surface area contributed by atoms with Crippen LogP contribution in [0.4, 0.5) is 0 Å². The molecule has 2 unspecified atom stereocenters. The number of hydrogen-bond acceptors (Lipinski definition) is 4. The highest BCUT2D eigenvalue weighted by atomic mass is 16.5. The lowest BCUT2D eigenvalue weighted by molar-refractivity contribution is -0.0214. The van der Waals surface area contributed by atoms with Crippen LogP contribution >= 0.6 is 0 Å². The monoisotopic (exact) mass is 279 g/mol. The van der Waals surface area contributed by atoms with Crippen molar-refractivity contribution in [2.45, 2.75) is 39.5 Å². The van der Waals surface area contributed by atoms with E-state index in [9.17, 15) is 5.11 Å². The van der Waals surface area contributed by atoms with Crippen LogP contribution in [0.5, 0.6) is 5.75 Å². The summed E-state index contributed by atoms with van der Waals surface area (Å²) in [6.45, 7) is 10.0. The van der Waals surface area contributed by atoms with Crippen molar-refractivity contribution in [3.8, 4) is 5.75 Å². The molecule has 1 fully saturated rings. The Morgan fingerprint density at radius 1 is 1.50 bits per heavy atom. The summed E-state index contributed by atoms with van der Waals surface area (Å²) in [6, 6.07) is 5.95. The van der Waals surface area contributed by atoms with Crippen molar-refractivity contribution in [3.05, 3.63) is 29.3 Å². The minimum absolute atomic E-state index is 0.277. The van der Waals surface area contributed by atoms with E-state index in [0.717, 1.165) is 43.1 Å². The summed E-state index contributed by atoms with van der Waals surface area (Å²) < 4.78 is 11.3. The summed E-state index contributed by atoms with van der Waals surface area (Å²) in [5.41, 5.74) is 2.07. The van der Waals surface area contributed by atoms with Gasteiger partial charge in [-0.05, 0) is 38.5 Å². The lowest BCUT2D eigenvalue weighted by atomic mass is 10.1. The Labute approximate surface area is 121 Å². The van der Waals surface area contributed by atoms with Crippen LogP contribution in [0, 0.1) is 0 Å². The molecule has 20 heavy (non-hydrogen) atoms. The lowest BCUT2D eigenvalue weighted by Gasteiger charge is -2.31. The summed E-state index contributed by atoms with van der Waals surface area (Å²) in [6.07, 6.45) is -0.174. The van der Waals surface area contributed by atoms with Gasteiger partial charge in [0.25, 0.3) is 0 Å². The predicted octanol–water partition coefficient (Wildman–Crippen LogP) is 2.36. The van der Waals surface area contributed by atoms with Crippen LogP contribution in [0.3, 0.4) is 0 Å². The molecule has 1 saturated heterocycles. The van der Waals surface area contributed by atoms with E-state index in [1.165, 1.54) is 0 Å². The quantitative estimate of drug-likeness (QED) is 0.898. The van der Waals surface area contributed by atoms with Gasteiger partial charge in [-0.15, -0.1) is 0 Å². The zero-order chi connectivity index (χ0) is 14.5. The molecule has 0 saturated carbocycles. The number of morpholine rings is 1. The number of nitrogens with zero attached hydrogens (tertiary/aromatic N) is 1. The van der Waals surface area contributed by atoms with E-state index in [0.29, 0.717) is 6.61 Å². The summed E-state index contributed by atoms with van der Waals surface area (Å²) in [4.78, 5) is 2.37. The SMILES string of the molecule is CCOc1ccc(C(C)O)cc1CN1CCOC(C)C1. The molecule has 4 nitrogen and oxygen atoms in total. The predicted molar refractivity (Wildman–Crippen MR) is 78.9 cm³/mol. The molecule has 0 aliphatic carbocycles. The Kier molecular flexibility index (Phi) is 5.40. The number of benzene rings is 1. The summed E-state index contributed by atoms with van der Waals surface area (Å²) >= 11 is 0. The van der Waals surface area contributed by atoms with Crippen LogP contribution in [-0.4, -0.2) is 42.4 Å². The average Bonchev–Trinajstić information content (AvgIpc) is 2.41. The Morgan fingerprint density at radius 2 is 2.30 bits per heavy atom. The zero-order valence-corrected chi connectivity index (χ0v) is 12.6. The van der Waals surface area contributed by atoms with Gasteiger partial charge in [-0.3, -0.25) is 4.90 Å². The van der Waals surface area contributed by atoms with Gasteiger partial charge in [0, 0.05) is 25.2 Å². The fraction of sp³-hybridized carbons (Fsp3) is 0.625. The van der Waals surface area contributed by atoms with E-state index in [2.05, 4.69) is 17.9 Å². The van der Waals surface area contributed by atoms with E-state index < -0.39 is 6.10 Å². The molecule has 4 heteroatoms. The van der Waals surface area contributed by atoms with Crippen LogP contribution < -0.4 is 4.74 Å². The van der Waals surface area contributed by atoms with Crippen LogP contribution in [0.2, 0.25) is 0 Å². The van der Waals surface area contributed by atoms with Gasteiger partial charge in [-0.1, -0.05) is 6.07 Å². The van der Waals surface area contributed by atoms with Crippen molar-refractivity contribution in [2.75, 3.05) is 26.3 Å². The normalized spacial score (nSPS) is 21.7. The van der Waals surface area contributed by atoms with Crippen LogP contribution in [0.1, 0.15) is 38.0 Å². The molecule has 2 atom stereocenters. The summed E-state index contributed by atoms with van der Waals surface area (Å²) in [7, 11) is 0. The number of aliphatic hydroxyl groups is 1. The van der Waals surface area contributed by atoms with E-state index in [-0.39, 0.29) is 6.10 Å². The number of aliphatic hydroxyl groups excluding tert-OH is 1. The molecule has 1 heterocycles. The third kappa shape index (κ3) is 3.95. The topological polar surface area (TPSA) is 41.9 Å². The fourth-order valence-electron chi connectivity index (χ4n) is 2.55. The zero-order valence-electron chi connectivity index (χ0n) is 12.6. The average molecular weight is 279 g/mol. The van der Waals surface area contributed by atoms with Gasteiger partial charge in [-0.2, -0.15) is 0 Å². The largest absolute Gasteiger partial charge is 0.494 e. The van der Waals surface area contributed by atoms with E-state index in [1.54, 1.807) is 6.92 Å². The van der Waals surface area contributed by atoms with Crippen molar-refractivity contribution in [1.29, 1.82) is 0 Å². The molecule has 1 aliphatic rings. The molecular formula is C16H25NO3. The van der Waals surface area contributed by atoms with Crippen LogP contribution in [0.15, 0.2) is 18.2 Å². The molecule has 0 amide bonds. The second kappa shape index (κ2) is 7.07. The molecule has 112 valence electrons. The van der Waals surface area contributed by atoms with Gasteiger partial charge in [0.1, 0.15) is 5.75 Å². The standard InChI is InChI=1S/C16H25NO3/c1-4-19-16-6-5-14(13(3)18)9-15(16)11-17-7-8-20-12(2)10-17/h5-6,9,12-13,18H,4,7-8,10-11H2,1-3H3. The van der Waals surface area contributed by atoms with Gasteiger partial charge < -0.3 is 14.6 Å². The number of hydrogen-bond donors (Lipinski definition) is 1. The minimum Gasteiger partial charge on any atom is -0.494 e. The minimum atomic E-state index is -0.451. The third-order valence-electron chi connectivity index (χ3n) is 3.59. The van der Waals surface area contributed by atoms with E-state index in [4.69, 9.17) is 9.47 Å². The molecule has 0 bridgehead atoms. The molecule has 2 rings (SSSR count). The second-order valence-corrected chi connectivity index (χ2v) is 5.39. The Balaban J connectivity index is 2.16. The van der Waals surface area contributed by atoms with E-state index >= 15 is 0 Å². The Morgan fingerprint density at radius 3 is 2.95 bits per heavy atom. The van der Waals surface area contributed by atoms with Gasteiger partial charge in [0.05, 0.1) is 25.4 Å². The lowest BCUT2D eigenvalue weighted by Crippen LogP contribution is -2.40. The van der Waals surface area contributed by atoms with Crippen LogP contribution in [-0.2, 0) is 11.3 Å². The Hall–Kier alpha value is -1.10. The molecule has 0 radical (unpaired) electrons. The van der Waals surface area contributed by atoms with Crippen molar-refractivity contribution in [1.82, 2.24) is 4.90 Å². The molecule has 1 aromatic rings. The van der Waals surface area contributed by atoms with Crippen molar-refractivity contribution >= 4 is 0 Å². The second-order valence-electron chi connectivity index (χ2n) is 5.39. The Bertz CT molecular complexity index is 434. The maximum atomic E-state index is 9.74. The van der Waals surface area contributed by atoms with Gasteiger partial charge in [-0.25, -0.2) is 0 Å². The number of ether oxygens (including phenoxy) is 2. The first kappa shape index (κ1) is 15.3. The van der Waals surface area contributed by atoms with Crippen molar-refractivity contribution < 1.29 is 14.6 Å². The van der Waals surface area contributed by atoms with Crippen molar-refractivity contribution in [2.24, 2.45) is 0 Å². The molecular weight excluding hydrogens is 254 g/mol. The van der Waals surface area contributed by atoms with Gasteiger partial charge in [0.2, 0.25) is 0 Å². The fourth-order valence-corrected chi connectivity index (χ4v) is 2.55. The molecule has 1 N–H and O–H groups in total. The first-order chi connectivity index (χ1) is 9.60. The third-order valence-corrected chi connectivity index (χ3v) is 3.59. The van der Waals surface area contributed by atoms with Crippen LogP contribution in [0.25, 0.3) is 0 Å². The first-order valence-corrected chi connectivity index (χ1v) is 7.37. The van der Waals surface area contributed by atoms with Gasteiger partial charge >= 0.3 is 0 Å². The first-order valence-electron chi connectivity index (χ1n) is 7.37. The maximum absolute atomic E-state index is 9.74. The molecule has 1 aliphatic heterocycles. The van der Waals surface area contributed by atoms with E-state index in [1.807, 2.05) is 19.1 Å². The highest BCUT2D eigenvalue weighted by Gasteiger charge is 2.18. The molecule has 0 aromatic heterocycles. The number of rotatable bonds is 5. The van der Waals surface area contributed by atoms with Gasteiger partial charge in [0.15, 0.2) is 0 Å². The highest BCUT2D eigenvalue weighted by Crippen LogP contribution is 2.25. The van der Waals surface area contributed by atoms with Crippen molar-refractivity contribution in [3.63, 3.8) is 0 Å².